The molecule has 2 heterocycles. The molecular formula is C13H21ClN4O. The van der Waals surface area contributed by atoms with Crippen LogP contribution in [0.2, 0.25) is 5.02 Å². The van der Waals surface area contributed by atoms with E-state index in [0.717, 1.165) is 18.8 Å². The molecule has 0 spiro atoms. The number of halogens is 1. The minimum absolute atomic E-state index is 0.195. The van der Waals surface area contributed by atoms with Crippen LogP contribution < -0.4 is 5.32 Å². The van der Waals surface area contributed by atoms with Crippen molar-refractivity contribution in [2.45, 2.75) is 32.7 Å². The summed E-state index contributed by atoms with van der Waals surface area (Å²) in [5.74, 6) is -0.195. The second-order valence-corrected chi connectivity index (χ2v) is 5.55. The number of carbonyl (C=O) groups excluding carboxylic acids is 1. The molecular weight excluding hydrogens is 264 g/mol. The number of aryl methyl sites for hydroxylation is 1. The average Bonchev–Trinajstić information content (AvgIpc) is 3.00. The van der Waals surface area contributed by atoms with E-state index < -0.39 is 0 Å². The molecule has 1 N–H and O–H groups in total. The number of hydrogen-bond acceptors (Lipinski definition) is 3. The lowest BCUT2D eigenvalue weighted by molar-refractivity contribution is 0.0935. The zero-order chi connectivity index (χ0) is 14.0. The highest BCUT2D eigenvalue weighted by atomic mass is 35.5. The van der Waals surface area contributed by atoms with Crippen molar-refractivity contribution in [1.82, 2.24) is 20.0 Å². The van der Waals surface area contributed by atoms with Gasteiger partial charge in [-0.2, -0.15) is 5.10 Å². The molecule has 5 nitrogen and oxygen atoms in total. The summed E-state index contributed by atoms with van der Waals surface area (Å²) in [6, 6.07) is 0.357. The maximum Gasteiger partial charge on any atom is 0.273 e. The highest BCUT2D eigenvalue weighted by Crippen LogP contribution is 2.19. The Morgan fingerprint density at radius 1 is 1.47 bits per heavy atom. The molecule has 1 aromatic heterocycles. The van der Waals surface area contributed by atoms with Crippen LogP contribution in [-0.2, 0) is 7.05 Å². The van der Waals surface area contributed by atoms with Gasteiger partial charge in [0.15, 0.2) is 5.69 Å². The molecule has 6 heteroatoms. The van der Waals surface area contributed by atoms with E-state index in [2.05, 4.69) is 22.2 Å². The van der Waals surface area contributed by atoms with Gasteiger partial charge in [0.25, 0.3) is 5.91 Å². The molecule has 1 aromatic rings. The molecule has 1 atom stereocenters. The van der Waals surface area contributed by atoms with Gasteiger partial charge >= 0.3 is 0 Å². The minimum atomic E-state index is -0.195. The molecule has 0 saturated carbocycles. The second kappa shape index (κ2) is 5.92. The SMILES string of the molecule is Cc1c(Cl)c(C(=O)NCC(C)N2CCCC2)nn1C. The monoisotopic (exact) mass is 284 g/mol. The van der Waals surface area contributed by atoms with Crippen molar-refractivity contribution in [3.63, 3.8) is 0 Å². The molecule has 0 bridgehead atoms. The van der Waals surface area contributed by atoms with Gasteiger partial charge in [-0.25, -0.2) is 0 Å². The van der Waals surface area contributed by atoms with Crippen molar-refractivity contribution >= 4 is 17.5 Å². The molecule has 19 heavy (non-hydrogen) atoms. The number of nitrogens with one attached hydrogen (secondary N) is 1. The van der Waals surface area contributed by atoms with E-state index in [-0.39, 0.29) is 5.91 Å². The molecule has 0 aliphatic carbocycles. The summed E-state index contributed by atoms with van der Waals surface area (Å²) in [6.45, 7) is 6.86. The fourth-order valence-corrected chi connectivity index (χ4v) is 2.61. The van der Waals surface area contributed by atoms with Crippen LogP contribution in [0.1, 0.15) is 35.9 Å². The van der Waals surface area contributed by atoms with Crippen LogP contribution in [0.25, 0.3) is 0 Å². The molecule has 1 fully saturated rings. The fourth-order valence-electron chi connectivity index (χ4n) is 2.36. The Morgan fingerprint density at radius 2 is 2.11 bits per heavy atom. The molecule has 0 radical (unpaired) electrons. The van der Waals surface area contributed by atoms with E-state index in [0.29, 0.717) is 23.3 Å². The number of likely N-dealkylation sites (tertiary alicyclic amines) is 1. The van der Waals surface area contributed by atoms with Crippen LogP contribution in [-0.4, -0.2) is 46.3 Å². The van der Waals surface area contributed by atoms with Crippen LogP contribution >= 0.6 is 11.6 Å². The highest BCUT2D eigenvalue weighted by molar-refractivity contribution is 6.34. The van der Waals surface area contributed by atoms with E-state index in [9.17, 15) is 4.79 Å². The Morgan fingerprint density at radius 3 is 2.63 bits per heavy atom. The van der Waals surface area contributed by atoms with E-state index >= 15 is 0 Å². The molecule has 1 saturated heterocycles. The van der Waals surface area contributed by atoms with Gasteiger partial charge in [-0.15, -0.1) is 0 Å². The molecule has 0 aromatic carbocycles. The van der Waals surface area contributed by atoms with Crippen molar-refractivity contribution in [2.75, 3.05) is 19.6 Å². The van der Waals surface area contributed by atoms with Gasteiger partial charge in [0.05, 0.1) is 10.7 Å². The van der Waals surface area contributed by atoms with Gasteiger partial charge < -0.3 is 5.32 Å². The molecule has 1 aliphatic rings. The molecule has 1 amide bonds. The lowest BCUT2D eigenvalue weighted by Crippen LogP contribution is -2.40. The Labute approximate surface area is 118 Å². The lowest BCUT2D eigenvalue weighted by atomic mass is 10.3. The number of carbonyl (C=O) groups is 1. The summed E-state index contributed by atoms with van der Waals surface area (Å²) >= 11 is 6.10. The third kappa shape index (κ3) is 3.09. The standard InChI is InChI=1S/C13H21ClN4O/c1-9(18-6-4-5-7-18)8-15-13(19)12-11(14)10(2)17(3)16-12/h9H,4-8H2,1-3H3,(H,15,19). The fraction of sp³-hybridized carbons (Fsp3) is 0.692. The van der Waals surface area contributed by atoms with E-state index in [1.165, 1.54) is 12.8 Å². The Hall–Kier alpha value is -1.07. The summed E-state index contributed by atoms with van der Waals surface area (Å²) in [5.41, 5.74) is 1.12. The van der Waals surface area contributed by atoms with Gasteiger partial charge in [0.2, 0.25) is 0 Å². The smallest absolute Gasteiger partial charge is 0.273 e. The first-order valence-corrected chi connectivity index (χ1v) is 7.10. The number of rotatable bonds is 4. The maximum atomic E-state index is 12.1. The summed E-state index contributed by atoms with van der Waals surface area (Å²) in [4.78, 5) is 14.5. The Balaban J connectivity index is 1.92. The number of aromatic nitrogens is 2. The van der Waals surface area contributed by atoms with Crippen molar-refractivity contribution in [3.8, 4) is 0 Å². The van der Waals surface area contributed by atoms with Gasteiger partial charge in [-0.05, 0) is 39.8 Å². The third-order valence-corrected chi connectivity index (χ3v) is 4.25. The quantitative estimate of drug-likeness (QED) is 0.914. The third-order valence-electron chi connectivity index (χ3n) is 3.80. The lowest BCUT2D eigenvalue weighted by Gasteiger charge is -2.23. The second-order valence-electron chi connectivity index (χ2n) is 5.17. The number of hydrogen-bond donors (Lipinski definition) is 1. The predicted molar refractivity (Wildman–Crippen MR) is 75.6 cm³/mol. The Bertz CT molecular complexity index is 465. The van der Waals surface area contributed by atoms with Gasteiger partial charge in [-0.1, -0.05) is 11.6 Å². The predicted octanol–water partition coefficient (Wildman–Crippen LogP) is 1.60. The van der Waals surface area contributed by atoms with Crippen LogP contribution in [0, 0.1) is 6.92 Å². The zero-order valence-corrected chi connectivity index (χ0v) is 12.5. The largest absolute Gasteiger partial charge is 0.349 e. The first-order chi connectivity index (χ1) is 9.00. The van der Waals surface area contributed by atoms with Gasteiger partial charge in [-0.3, -0.25) is 14.4 Å². The number of amides is 1. The van der Waals surface area contributed by atoms with Gasteiger partial charge in [0, 0.05) is 19.6 Å². The van der Waals surface area contributed by atoms with Crippen LogP contribution in [0.15, 0.2) is 0 Å². The van der Waals surface area contributed by atoms with Crippen LogP contribution in [0.4, 0.5) is 0 Å². The van der Waals surface area contributed by atoms with Crippen molar-refractivity contribution < 1.29 is 4.79 Å². The highest BCUT2D eigenvalue weighted by Gasteiger charge is 2.21. The summed E-state index contributed by atoms with van der Waals surface area (Å²) in [5, 5.41) is 7.50. The maximum absolute atomic E-state index is 12.1. The van der Waals surface area contributed by atoms with Crippen molar-refractivity contribution in [3.05, 3.63) is 16.4 Å². The first-order valence-electron chi connectivity index (χ1n) is 6.72. The van der Waals surface area contributed by atoms with Crippen LogP contribution in [0.5, 0.6) is 0 Å². The van der Waals surface area contributed by atoms with Crippen molar-refractivity contribution in [2.24, 2.45) is 7.05 Å². The summed E-state index contributed by atoms with van der Waals surface area (Å²) in [6.07, 6.45) is 2.51. The van der Waals surface area contributed by atoms with Crippen LogP contribution in [0.3, 0.4) is 0 Å². The molecule has 106 valence electrons. The molecule has 1 aliphatic heterocycles. The number of nitrogens with zero attached hydrogens (tertiary/aromatic N) is 3. The van der Waals surface area contributed by atoms with E-state index in [1.54, 1.807) is 11.7 Å². The minimum Gasteiger partial charge on any atom is -0.349 e. The summed E-state index contributed by atoms with van der Waals surface area (Å²) in [7, 11) is 1.78. The average molecular weight is 285 g/mol. The van der Waals surface area contributed by atoms with Gasteiger partial charge in [0.1, 0.15) is 0 Å². The zero-order valence-electron chi connectivity index (χ0n) is 11.7. The topological polar surface area (TPSA) is 50.2 Å². The molecule has 2 rings (SSSR count). The summed E-state index contributed by atoms with van der Waals surface area (Å²) < 4.78 is 1.63. The van der Waals surface area contributed by atoms with E-state index in [1.807, 2.05) is 6.92 Å². The first kappa shape index (κ1) is 14.3. The Kier molecular flexibility index (Phi) is 4.47. The molecule has 1 unspecified atom stereocenters. The van der Waals surface area contributed by atoms with Crippen molar-refractivity contribution in [1.29, 1.82) is 0 Å². The van der Waals surface area contributed by atoms with E-state index in [4.69, 9.17) is 11.6 Å². The normalized spacial score (nSPS) is 17.7.